The summed E-state index contributed by atoms with van der Waals surface area (Å²) >= 11 is 5.90. The van der Waals surface area contributed by atoms with Crippen LogP contribution in [0.3, 0.4) is 0 Å². The lowest BCUT2D eigenvalue weighted by molar-refractivity contribution is 0.0573. The molecule has 0 spiro atoms. The fraction of sp³-hybridized carbons (Fsp3) is 0.250. The van der Waals surface area contributed by atoms with Crippen LogP contribution in [-0.2, 0) is 11.3 Å². The van der Waals surface area contributed by atoms with Gasteiger partial charge in [-0.3, -0.25) is 0 Å². The summed E-state index contributed by atoms with van der Waals surface area (Å²) in [6, 6.07) is 16.2. The van der Waals surface area contributed by atoms with Gasteiger partial charge in [-0.1, -0.05) is 68.9 Å². The number of methoxy groups -OCH3 is 1. The van der Waals surface area contributed by atoms with Crippen LogP contribution in [0.4, 0.5) is 0 Å². The highest BCUT2D eigenvalue weighted by Crippen LogP contribution is 2.25. The molecule has 20 heavy (non-hydrogen) atoms. The number of hydrogen-bond acceptors (Lipinski definition) is 2. The molecule has 2 nitrogen and oxygen atoms in total. The van der Waals surface area contributed by atoms with Crippen molar-refractivity contribution in [1.82, 2.24) is 0 Å². The second-order valence-electron chi connectivity index (χ2n) is 4.32. The molecule has 0 fully saturated rings. The summed E-state index contributed by atoms with van der Waals surface area (Å²) < 4.78 is 13.2. The van der Waals surface area contributed by atoms with Gasteiger partial charge < -0.3 is 9.47 Å². The van der Waals surface area contributed by atoms with E-state index in [1.54, 1.807) is 7.11 Å². The predicted molar refractivity (Wildman–Crippen MR) is 93.6 cm³/mol. The highest BCUT2D eigenvalue weighted by molar-refractivity contribution is 14.1. The lowest BCUT2D eigenvalue weighted by Gasteiger charge is -2.17. The van der Waals surface area contributed by atoms with Crippen LogP contribution in [0, 0.1) is 0 Å². The molecule has 1 atom stereocenters. The molecule has 0 aliphatic rings. The highest BCUT2D eigenvalue weighted by Gasteiger charge is 2.11. The maximum Gasteiger partial charge on any atom is 0.118 e. The van der Waals surface area contributed by atoms with Gasteiger partial charge in [-0.2, -0.15) is 0 Å². The minimum atomic E-state index is 0.0913. The molecular formula is C16H16BrIO2. The van der Waals surface area contributed by atoms with Gasteiger partial charge in [0.2, 0.25) is 0 Å². The van der Waals surface area contributed by atoms with E-state index in [2.05, 4.69) is 56.7 Å². The van der Waals surface area contributed by atoms with Crippen molar-refractivity contribution in [1.29, 1.82) is 0 Å². The van der Waals surface area contributed by atoms with Crippen LogP contribution in [0.1, 0.15) is 17.2 Å². The quantitative estimate of drug-likeness (QED) is 0.451. The van der Waals surface area contributed by atoms with E-state index < -0.39 is 0 Å². The molecule has 1 unspecified atom stereocenters. The first-order chi connectivity index (χ1) is 9.74. The first kappa shape index (κ1) is 15.8. The Labute approximate surface area is 141 Å². The van der Waals surface area contributed by atoms with E-state index in [1.165, 1.54) is 5.56 Å². The van der Waals surface area contributed by atoms with Crippen molar-refractivity contribution in [3.05, 3.63) is 64.1 Å². The molecular weight excluding hydrogens is 431 g/mol. The Morgan fingerprint density at radius 2 is 1.80 bits per heavy atom. The van der Waals surface area contributed by atoms with E-state index in [0.717, 1.165) is 20.2 Å². The maximum absolute atomic E-state index is 6.04. The van der Waals surface area contributed by atoms with E-state index in [9.17, 15) is 0 Å². The van der Waals surface area contributed by atoms with Gasteiger partial charge in [0.05, 0.1) is 19.8 Å². The zero-order valence-electron chi connectivity index (χ0n) is 11.2. The largest absolute Gasteiger partial charge is 0.497 e. The molecule has 0 saturated carbocycles. The van der Waals surface area contributed by atoms with Crippen molar-refractivity contribution in [3.63, 3.8) is 0 Å². The molecule has 0 saturated heterocycles. The number of benzene rings is 2. The minimum absolute atomic E-state index is 0.0913. The molecule has 2 rings (SSSR count). The Morgan fingerprint density at radius 1 is 1.10 bits per heavy atom. The summed E-state index contributed by atoms with van der Waals surface area (Å²) in [4.78, 5) is 0. The van der Waals surface area contributed by atoms with Crippen LogP contribution < -0.4 is 4.74 Å². The zero-order valence-corrected chi connectivity index (χ0v) is 14.9. The van der Waals surface area contributed by atoms with E-state index in [0.29, 0.717) is 6.61 Å². The molecule has 106 valence electrons. The van der Waals surface area contributed by atoms with E-state index >= 15 is 0 Å². The summed E-state index contributed by atoms with van der Waals surface area (Å²) in [5.74, 6) is 0.867. The van der Waals surface area contributed by atoms with Crippen molar-refractivity contribution in [2.75, 3.05) is 11.5 Å². The number of halogens is 2. The SMILES string of the molecule is COc1ccc(C(CI)OCc2ccccc2Br)cc1. The number of ether oxygens (including phenoxy) is 2. The van der Waals surface area contributed by atoms with Gasteiger partial charge in [-0.25, -0.2) is 0 Å². The molecule has 0 heterocycles. The third-order valence-corrected chi connectivity index (χ3v) is 4.60. The lowest BCUT2D eigenvalue weighted by Crippen LogP contribution is -2.06. The van der Waals surface area contributed by atoms with Gasteiger partial charge >= 0.3 is 0 Å². The van der Waals surface area contributed by atoms with Crippen molar-refractivity contribution >= 4 is 38.5 Å². The standard InChI is InChI=1S/C16H16BrIO2/c1-19-14-8-6-12(7-9-14)16(10-18)20-11-13-4-2-3-5-15(13)17/h2-9,16H,10-11H2,1H3. The van der Waals surface area contributed by atoms with Crippen LogP contribution >= 0.6 is 38.5 Å². The summed E-state index contributed by atoms with van der Waals surface area (Å²) in [5.41, 5.74) is 2.34. The number of hydrogen-bond donors (Lipinski definition) is 0. The van der Waals surface area contributed by atoms with Crippen molar-refractivity contribution < 1.29 is 9.47 Å². The average Bonchev–Trinajstić information content (AvgIpc) is 2.50. The monoisotopic (exact) mass is 446 g/mol. The van der Waals surface area contributed by atoms with Crippen LogP contribution in [-0.4, -0.2) is 11.5 Å². The van der Waals surface area contributed by atoms with Crippen molar-refractivity contribution in [2.45, 2.75) is 12.7 Å². The first-order valence-corrected chi connectivity index (χ1v) is 8.61. The average molecular weight is 447 g/mol. The fourth-order valence-electron chi connectivity index (χ4n) is 1.85. The second-order valence-corrected chi connectivity index (χ2v) is 6.05. The van der Waals surface area contributed by atoms with E-state index in [1.807, 2.05) is 30.3 Å². The van der Waals surface area contributed by atoms with Crippen LogP contribution in [0.15, 0.2) is 53.0 Å². The number of rotatable bonds is 6. The summed E-state index contributed by atoms with van der Waals surface area (Å²) in [7, 11) is 1.67. The molecule has 2 aromatic rings. The Bertz CT molecular complexity index is 542. The molecule has 4 heteroatoms. The van der Waals surface area contributed by atoms with E-state index in [-0.39, 0.29) is 6.10 Å². The third-order valence-electron chi connectivity index (χ3n) is 3.03. The Hall–Kier alpha value is -0.590. The number of alkyl halides is 1. The minimum Gasteiger partial charge on any atom is -0.497 e. The summed E-state index contributed by atoms with van der Waals surface area (Å²) in [6.45, 7) is 0.598. The van der Waals surface area contributed by atoms with Gasteiger partial charge in [0.15, 0.2) is 0 Å². The predicted octanol–water partition coefficient (Wildman–Crippen LogP) is 5.15. The van der Waals surface area contributed by atoms with Gasteiger partial charge in [-0.15, -0.1) is 0 Å². The third kappa shape index (κ3) is 4.20. The zero-order chi connectivity index (χ0) is 14.4. The Morgan fingerprint density at radius 3 is 2.40 bits per heavy atom. The molecule has 0 radical (unpaired) electrons. The second kappa shape index (κ2) is 8.00. The van der Waals surface area contributed by atoms with Crippen LogP contribution in [0.5, 0.6) is 5.75 Å². The van der Waals surface area contributed by atoms with Gasteiger partial charge in [0.25, 0.3) is 0 Å². The molecule has 0 N–H and O–H groups in total. The van der Waals surface area contributed by atoms with Crippen molar-refractivity contribution in [2.24, 2.45) is 0 Å². The lowest BCUT2D eigenvalue weighted by atomic mass is 10.1. The first-order valence-electron chi connectivity index (χ1n) is 6.29. The van der Waals surface area contributed by atoms with Gasteiger partial charge in [0, 0.05) is 8.90 Å². The van der Waals surface area contributed by atoms with Gasteiger partial charge in [-0.05, 0) is 29.3 Å². The summed E-state index contributed by atoms with van der Waals surface area (Å²) in [5, 5.41) is 0. The molecule has 0 aliphatic heterocycles. The topological polar surface area (TPSA) is 18.5 Å². The molecule has 0 bridgehead atoms. The molecule has 0 aliphatic carbocycles. The van der Waals surface area contributed by atoms with Crippen molar-refractivity contribution in [3.8, 4) is 5.75 Å². The molecule has 0 aromatic heterocycles. The molecule has 0 amide bonds. The maximum atomic E-state index is 6.04. The Kier molecular flexibility index (Phi) is 6.32. The van der Waals surface area contributed by atoms with E-state index in [4.69, 9.17) is 9.47 Å². The normalized spacial score (nSPS) is 12.2. The highest BCUT2D eigenvalue weighted by atomic mass is 127. The smallest absolute Gasteiger partial charge is 0.118 e. The summed E-state index contributed by atoms with van der Waals surface area (Å²) in [6.07, 6.45) is 0.0913. The van der Waals surface area contributed by atoms with Crippen LogP contribution in [0.25, 0.3) is 0 Å². The Balaban J connectivity index is 2.03. The van der Waals surface area contributed by atoms with Crippen LogP contribution in [0.2, 0.25) is 0 Å². The molecule has 2 aromatic carbocycles. The van der Waals surface area contributed by atoms with Gasteiger partial charge in [0.1, 0.15) is 5.75 Å². The fourth-order valence-corrected chi connectivity index (χ4v) is 3.02.